The van der Waals surface area contributed by atoms with E-state index in [-0.39, 0.29) is 11.9 Å². The lowest BCUT2D eigenvalue weighted by atomic mass is 10.1. The maximum atomic E-state index is 14.1. The Bertz CT molecular complexity index is 571. The van der Waals surface area contributed by atoms with E-state index in [1.165, 1.54) is 17.8 Å². The summed E-state index contributed by atoms with van der Waals surface area (Å²) in [5, 5.41) is 3.85. The van der Waals surface area contributed by atoms with E-state index in [4.69, 9.17) is 4.42 Å². The molecule has 1 N–H and O–H groups in total. The van der Waals surface area contributed by atoms with Crippen molar-refractivity contribution in [2.45, 2.75) is 43.4 Å². The third-order valence-electron chi connectivity index (χ3n) is 2.95. The fourth-order valence-corrected chi connectivity index (χ4v) is 2.90. The molecule has 1 heterocycles. The molecule has 2 aromatic rings. The molecule has 0 aliphatic carbocycles. The molecule has 5 heteroatoms. The van der Waals surface area contributed by atoms with E-state index >= 15 is 0 Å². The lowest BCUT2D eigenvalue weighted by Gasteiger charge is -2.17. The molecule has 0 aliphatic heterocycles. The highest BCUT2D eigenvalue weighted by Crippen LogP contribution is 2.34. The van der Waals surface area contributed by atoms with Crippen LogP contribution in [-0.2, 0) is 0 Å². The molecule has 1 aromatic carbocycles. The Labute approximate surface area is 123 Å². The van der Waals surface area contributed by atoms with Crippen molar-refractivity contribution in [3.05, 3.63) is 41.5 Å². The van der Waals surface area contributed by atoms with Crippen LogP contribution in [0.1, 0.15) is 37.6 Å². The Balaban J connectivity index is 2.26. The number of hydrogen-bond acceptors (Lipinski definition) is 4. The van der Waals surface area contributed by atoms with Crippen molar-refractivity contribution in [3.8, 4) is 0 Å². The molecule has 1 atom stereocenters. The minimum atomic E-state index is -0.242. The van der Waals surface area contributed by atoms with Gasteiger partial charge in [0.1, 0.15) is 12.1 Å². The monoisotopic (exact) mass is 294 g/mol. The molecule has 20 heavy (non-hydrogen) atoms. The molecule has 0 aliphatic rings. The van der Waals surface area contributed by atoms with Gasteiger partial charge in [0.15, 0.2) is 0 Å². The first-order chi connectivity index (χ1) is 9.61. The number of nitrogens with one attached hydrogen (secondary N) is 1. The summed E-state index contributed by atoms with van der Waals surface area (Å²) in [5.74, 6) is -0.242. The van der Waals surface area contributed by atoms with Crippen LogP contribution in [0.2, 0.25) is 0 Å². The molecule has 0 amide bonds. The number of aromatic nitrogens is 1. The van der Waals surface area contributed by atoms with E-state index in [0.717, 1.165) is 24.2 Å². The zero-order valence-corrected chi connectivity index (χ0v) is 12.8. The molecule has 0 saturated carbocycles. The van der Waals surface area contributed by atoms with Crippen LogP contribution in [0.4, 0.5) is 4.39 Å². The molecule has 2 rings (SSSR count). The zero-order valence-electron chi connectivity index (χ0n) is 11.9. The van der Waals surface area contributed by atoms with Gasteiger partial charge in [0, 0.05) is 6.04 Å². The van der Waals surface area contributed by atoms with Crippen molar-refractivity contribution in [3.63, 3.8) is 0 Å². The maximum Gasteiger partial charge on any atom is 0.260 e. The average molecular weight is 294 g/mol. The van der Waals surface area contributed by atoms with Gasteiger partial charge in [0.25, 0.3) is 5.22 Å². The minimum absolute atomic E-state index is 0.0872. The van der Waals surface area contributed by atoms with E-state index in [9.17, 15) is 4.39 Å². The Morgan fingerprint density at radius 3 is 2.90 bits per heavy atom. The van der Waals surface area contributed by atoms with Crippen LogP contribution in [-0.4, -0.2) is 11.5 Å². The molecular weight excluding hydrogens is 275 g/mol. The van der Waals surface area contributed by atoms with E-state index in [1.807, 2.05) is 19.9 Å². The second-order valence-corrected chi connectivity index (χ2v) is 5.65. The highest BCUT2D eigenvalue weighted by Gasteiger charge is 2.17. The van der Waals surface area contributed by atoms with E-state index in [0.29, 0.717) is 10.1 Å². The number of benzene rings is 1. The molecule has 0 bridgehead atoms. The quantitative estimate of drug-likeness (QED) is 0.860. The maximum absolute atomic E-state index is 14.1. The van der Waals surface area contributed by atoms with Crippen molar-refractivity contribution in [2.24, 2.45) is 0 Å². The third kappa shape index (κ3) is 3.61. The Kier molecular flexibility index (Phi) is 5.20. The number of oxazole rings is 1. The second-order valence-electron chi connectivity index (χ2n) is 4.69. The third-order valence-corrected chi connectivity index (χ3v) is 3.95. The lowest BCUT2D eigenvalue weighted by molar-refractivity contribution is 0.452. The molecule has 0 spiro atoms. The van der Waals surface area contributed by atoms with Crippen LogP contribution in [0, 0.1) is 12.7 Å². The lowest BCUT2D eigenvalue weighted by Crippen LogP contribution is -2.20. The van der Waals surface area contributed by atoms with Crippen molar-refractivity contribution >= 4 is 11.8 Å². The first kappa shape index (κ1) is 15.1. The van der Waals surface area contributed by atoms with Crippen molar-refractivity contribution in [2.75, 3.05) is 6.54 Å². The molecule has 0 radical (unpaired) electrons. The van der Waals surface area contributed by atoms with Crippen LogP contribution < -0.4 is 5.32 Å². The highest BCUT2D eigenvalue weighted by molar-refractivity contribution is 7.99. The fourth-order valence-electron chi connectivity index (χ4n) is 1.91. The normalized spacial score (nSPS) is 12.6. The van der Waals surface area contributed by atoms with Gasteiger partial charge in [-0.05, 0) is 50.2 Å². The van der Waals surface area contributed by atoms with Crippen LogP contribution in [0.15, 0.2) is 39.0 Å². The first-order valence-corrected chi connectivity index (χ1v) is 7.55. The molecule has 3 nitrogen and oxygen atoms in total. The van der Waals surface area contributed by atoms with E-state index < -0.39 is 0 Å². The van der Waals surface area contributed by atoms with Crippen molar-refractivity contribution < 1.29 is 8.81 Å². The molecular formula is C15H19FN2OS. The van der Waals surface area contributed by atoms with Crippen molar-refractivity contribution in [1.29, 1.82) is 0 Å². The molecule has 1 aromatic heterocycles. The van der Waals surface area contributed by atoms with Gasteiger partial charge in [-0.1, -0.05) is 19.1 Å². The van der Waals surface area contributed by atoms with Crippen LogP contribution >= 0.6 is 11.8 Å². The number of hydrogen-bond donors (Lipinski definition) is 1. The summed E-state index contributed by atoms with van der Waals surface area (Å²) in [5.41, 5.74) is 1.72. The minimum Gasteiger partial charge on any atom is -0.439 e. The standard InChI is InChI=1S/C15H19FN2OS/c1-4-8-17-11(3)12-6-5-7-13(16)14(12)20-15-18-10(2)9-19-15/h5-7,9,11,17H,4,8H2,1-3H3. The van der Waals surface area contributed by atoms with Gasteiger partial charge in [-0.25, -0.2) is 9.37 Å². The van der Waals surface area contributed by atoms with Gasteiger partial charge in [-0.2, -0.15) is 0 Å². The molecule has 1 unspecified atom stereocenters. The summed E-state index contributed by atoms with van der Waals surface area (Å²) in [6, 6.07) is 5.23. The van der Waals surface area contributed by atoms with Gasteiger partial charge >= 0.3 is 0 Å². The van der Waals surface area contributed by atoms with Gasteiger partial charge in [-0.15, -0.1) is 0 Å². The molecule has 108 valence electrons. The number of rotatable bonds is 6. The summed E-state index contributed by atoms with van der Waals surface area (Å²) in [7, 11) is 0. The molecule has 0 fully saturated rings. The highest BCUT2D eigenvalue weighted by atomic mass is 32.2. The van der Waals surface area contributed by atoms with Gasteiger partial charge < -0.3 is 9.73 Å². The van der Waals surface area contributed by atoms with E-state index in [2.05, 4.69) is 17.2 Å². The first-order valence-electron chi connectivity index (χ1n) is 6.73. The molecule has 0 saturated heterocycles. The SMILES string of the molecule is CCCNC(C)c1cccc(F)c1Sc1nc(C)co1. The zero-order chi connectivity index (χ0) is 14.5. The summed E-state index contributed by atoms with van der Waals surface area (Å²) >= 11 is 1.23. The average Bonchev–Trinajstić information content (AvgIpc) is 2.84. The number of halogens is 1. The van der Waals surface area contributed by atoms with Crippen molar-refractivity contribution in [1.82, 2.24) is 10.3 Å². The van der Waals surface area contributed by atoms with Gasteiger partial charge in [0.05, 0.1) is 10.6 Å². The summed E-state index contributed by atoms with van der Waals surface area (Å²) in [6.07, 6.45) is 2.61. The Hall–Kier alpha value is -1.33. The summed E-state index contributed by atoms with van der Waals surface area (Å²) < 4.78 is 19.4. The predicted octanol–water partition coefficient (Wildman–Crippen LogP) is 4.33. The van der Waals surface area contributed by atoms with Crippen LogP contribution in [0.25, 0.3) is 0 Å². The largest absolute Gasteiger partial charge is 0.439 e. The number of aryl methyl sites for hydroxylation is 1. The predicted molar refractivity (Wildman–Crippen MR) is 78.5 cm³/mol. The van der Waals surface area contributed by atoms with Gasteiger partial charge in [-0.3, -0.25) is 0 Å². The van der Waals surface area contributed by atoms with Gasteiger partial charge in [0.2, 0.25) is 0 Å². The summed E-state index contributed by atoms with van der Waals surface area (Å²) in [4.78, 5) is 4.79. The smallest absolute Gasteiger partial charge is 0.260 e. The van der Waals surface area contributed by atoms with Crippen LogP contribution in [0.5, 0.6) is 0 Å². The Morgan fingerprint density at radius 1 is 1.45 bits per heavy atom. The Morgan fingerprint density at radius 2 is 2.25 bits per heavy atom. The van der Waals surface area contributed by atoms with E-state index in [1.54, 1.807) is 12.3 Å². The van der Waals surface area contributed by atoms with Crippen LogP contribution in [0.3, 0.4) is 0 Å². The number of nitrogens with zero attached hydrogens (tertiary/aromatic N) is 1. The second kappa shape index (κ2) is 6.90. The fraction of sp³-hybridized carbons (Fsp3) is 0.400. The topological polar surface area (TPSA) is 38.1 Å². The summed E-state index contributed by atoms with van der Waals surface area (Å²) in [6.45, 7) is 6.90.